The molecular weight excluding hydrogens is 272 g/mol. The lowest BCUT2D eigenvalue weighted by Crippen LogP contribution is -2.37. The zero-order chi connectivity index (χ0) is 15.8. The zero-order valence-electron chi connectivity index (χ0n) is 14.1. The SMILES string of the molecule is CCCCc1ccc(NC(=O)NC2CCCCCC2)c(C)c1. The summed E-state index contributed by atoms with van der Waals surface area (Å²) in [4.78, 5) is 12.2. The first-order valence-electron chi connectivity index (χ1n) is 8.86. The van der Waals surface area contributed by atoms with Crippen molar-refractivity contribution in [3.8, 4) is 0 Å². The minimum Gasteiger partial charge on any atom is -0.335 e. The fourth-order valence-corrected chi connectivity index (χ4v) is 3.17. The quantitative estimate of drug-likeness (QED) is 0.723. The molecule has 1 aliphatic carbocycles. The Morgan fingerprint density at radius 1 is 1.18 bits per heavy atom. The minimum absolute atomic E-state index is 0.0590. The number of aryl methyl sites for hydroxylation is 2. The average Bonchev–Trinajstić information content (AvgIpc) is 2.76. The normalized spacial score (nSPS) is 16.1. The van der Waals surface area contributed by atoms with Crippen molar-refractivity contribution in [2.45, 2.75) is 77.7 Å². The number of hydrogen-bond acceptors (Lipinski definition) is 1. The van der Waals surface area contributed by atoms with Gasteiger partial charge < -0.3 is 10.6 Å². The summed E-state index contributed by atoms with van der Waals surface area (Å²) >= 11 is 0. The number of carbonyl (C=O) groups is 1. The number of urea groups is 1. The molecule has 0 spiro atoms. The average molecular weight is 302 g/mol. The maximum Gasteiger partial charge on any atom is 0.319 e. The molecule has 1 fully saturated rings. The first-order chi connectivity index (χ1) is 10.7. The van der Waals surface area contributed by atoms with Crippen molar-refractivity contribution in [2.24, 2.45) is 0 Å². The van der Waals surface area contributed by atoms with E-state index in [1.54, 1.807) is 0 Å². The van der Waals surface area contributed by atoms with E-state index in [9.17, 15) is 4.79 Å². The van der Waals surface area contributed by atoms with E-state index in [2.05, 4.69) is 36.6 Å². The van der Waals surface area contributed by atoms with Crippen LogP contribution in [0.3, 0.4) is 0 Å². The zero-order valence-corrected chi connectivity index (χ0v) is 14.1. The fourth-order valence-electron chi connectivity index (χ4n) is 3.17. The van der Waals surface area contributed by atoms with Crippen molar-refractivity contribution in [2.75, 3.05) is 5.32 Å². The molecule has 0 saturated heterocycles. The molecule has 2 amide bonds. The maximum absolute atomic E-state index is 12.2. The number of nitrogens with one attached hydrogen (secondary N) is 2. The number of anilines is 1. The molecule has 2 N–H and O–H groups in total. The number of hydrogen-bond donors (Lipinski definition) is 2. The van der Waals surface area contributed by atoms with Crippen LogP contribution in [0.15, 0.2) is 18.2 Å². The molecule has 0 heterocycles. The Labute approximate surface area is 134 Å². The molecule has 2 rings (SSSR count). The van der Waals surface area contributed by atoms with Gasteiger partial charge in [-0.2, -0.15) is 0 Å². The molecule has 3 heteroatoms. The predicted molar refractivity (Wildman–Crippen MR) is 93.4 cm³/mol. The summed E-state index contributed by atoms with van der Waals surface area (Å²) in [7, 11) is 0. The second-order valence-electron chi connectivity index (χ2n) is 6.54. The molecule has 1 saturated carbocycles. The van der Waals surface area contributed by atoms with E-state index in [0.29, 0.717) is 6.04 Å². The molecule has 0 atom stereocenters. The lowest BCUT2D eigenvalue weighted by molar-refractivity contribution is 0.247. The van der Waals surface area contributed by atoms with E-state index in [-0.39, 0.29) is 6.03 Å². The van der Waals surface area contributed by atoms with Crippen molar-refractivity contribution in [1.82, 2.24) is 5.32 Å². The van der Waals surface area contributed by atoms with Crippen molar-refractivity contribution < 1.29 is 4.79 Å². The second-order valence-corrected chi connectivity index (χ2v) is 6.54. The number of rotatable bonds is 5. The van der Waals surface area contributed by atoms with Crippen LogP contribution in [0.5, 0.6) is 0 Å². The van der Waals surface area contributed by atoms with Gasteiger partial charge in [0.05, 0.1) is 0 Å². The molecule has 1 aromatic carbocycles. The van der Waals surface area contributed by atoms with Gasteiger partial charge in [0.2, 0.25) is 0 Å². The summed E-state index contributed by atoms with van der Waals surface area (Å²) in [6.45, 7) is 4.28. The molecule has 0 unspecified atom stereocenters. The molecule has 0 radical (unpaired) electrons. The third-order valence-electron chi connectivity index (χ3n) is 4.55. The molecule has 0 aliphatic heterocycles. The van der Waals surface area contributed by atoms with Gasteiger partial charge in [-0.1, -0.05) is 51.2 Å². The van der Waals surface area contributed by atoms with Gasteiger partial charge in [0.1, 0.15) is 0 Å². The first-order valence-corrected chi connectivity index (χ1v) is 8.86. The highest BCUT2D eigenvalue weighted by Gasteiger charge is 2.15. The van der Waals surface area contributed by atoms with Crippen LogP contribution in [-0.4, -0.2) is 12.1 Å². The summed E-state index contributed by atoms with van der Waals surface area (Å²) in [6, 6.07) is 6.64. The van der Waals surface area contributed by atoms with Crippen LogP contribution in [-0.2, 0) is 6.42 Å². The van der Waals surface area contributed by atoms with Gasteiger partial charge in [-0.15, -0.1) is 0 Å². The van der Waals surface area contributed by atoms with Gasteiger partial charge in [0.15, 0.2) is 0 Å². The van der Waals surface area contributed by atoms with Crippen LogP contribution in [0, 0.1) is 6.92 Å². The lowest BCUT2D eigenvalue weighted by Gasteiger charge is -2.17. The number of unbranched alkanes of at least 4 members (excludes halogenated alkanes) is 1. The molecule has 3 nitrogen and oxygen atoms in total. The van der Waals surface area contributed by atoms with E-state index in [1.807, 2.05) is 6.07 Å². The van der Waals surface area contributed by atoms with E-state index in [4.69, 9.17) is 0 Å². The van der Waals surface area contributed by atoms with Gasteiger partial charge >= 0.3 is 6.03 Å². The largest absolute Gasteiger partial charge is 0.335 e. The molecule has 1 aliphatic rings. The standard InChI is InChI=1S/C19H30N2O/c1-3-4-9-16-12-13-18(15(2)14-16)21-19(22)20-17-10-7-5-6-8-11-17/h12-14,17H,3-11H2,1-2H3,(H2,20,21,22). The number of amides is 2. The predicted octanol–water partition coefficient (Wildman–Crippen LogP) is 5.18. The highest BCUT2D eigenvalue weighted by atomic mass is 16.2. The monoisotopic (exact) mass is 302 g/mol. The van der Waals surface area contributed by atoms with Crippen LogP contribution < -0.4 is 10.6 Å². The molecule has 122 valence electrons. The summed E-state index contributed by atoms with van der Waals surface area (Å²) < 4.78 is 0. The van der Waals surface area contributed by atoms with Gasteiger partial charge in [-0.3, -0.25) is 0 Å². The Balaban J connectivity index is 1.87. The van der Waals surface area contributed by atoms with E-state index < -0.39 is 0 Å². The number of carbonyl (C=O) groups excluding carboxylic acids is 1. The van der Waals surface area contributed by atoms with Crippen molar-refractivity contribution in [1.29, 1.82) is 0 Å². The Kier molecular flexibility index (Phi) is 6.75. The van der Waals surface area contributed by atoms with E-state index in [1.165, 1.54) is 44.1 Å². The summed E-state index contributed by atoms with van der Waals surface area (Å²) in [5, 5.41) is 6.14. The van der Waals surface area contributed by atoms with Crippen LogP contribution in [0.1, 0.15) is 69.4 Å². The van der Waals surface area contributed by atoms with Crippen LogP contribution in [0.4, 0.5) is 10.5 Å². The molecule has 0 bridgehead atoms. The fraction of sp³-hybridized carbons (Fsp3) is 0.632. The summed E-state index contributed by atoms with van der Waals surface area (Å²) in [5.41, 5.74) is 3.42. The maximum atomic E-state index is 12.2. The van der Waals surface area contributed by atoms with Crippen molar-refractivity contribution in [3.63, 3.8) is 0 Å². The summed E-state index contributed by atoms with van der Waals surface area (Å²) in [6.07, 6.45) is 10.8. The Bertz CT molecular complexity index is 476. The van der Waals surface area contributed by atoms with Crippen molar-refractivity contribution >= 4 is 11.7 Å². The topological polar surface area (TPSA) is 41.1 Å². The molecule has 22 heavy (non-hydrogen) atoms. The third-order valence-corrected chi connectivity index (χ3v) is 4.55. The highest BCUT2D eigenvalue weighted by molar-refractivity contribution is 5.90. The third kappa shape index (κ3) is 5.36. The van der Waals surface area contributed by atoms with Crippen molar-refractivity contribution in [3.05, 3.63) is 29.3 Å². The Hall–Kier alpha value is -1.51. The lowest BCUT2D eigenvalue weighted by atomic mass is 10.0. The van der Waals surface area contributed by atoms with Crippen LogP contribution in [0.2, 0.25) is 0 Å². The smallest absolute Gasteiger partial charge is 0.319 e. The molecular formula is C19H30N2O. The minimum atomic E-state index is -0.0590. The van der Waals surface area contributed by atoms with Crippen LogP contribution in [0.25, 0.3) is 0 Å². The van der Waals surface area contributed by atoms with Crippen LogP contribution >= 0.6 is 0 Å². The van der Waals surface area contributed by atoms with Gasteiger partial charge in [-0.05, 0) is 49.8 Å². The van der Waals surface area contributed by atoms with E-state index >= 15 is 0 Å². The highest BCUT2D eigenvalue weighted by Crippen LogP contribution is 2.19. The number of benzene rings is 1. The molecule has 0 aromatic heterocycles. The van der Waals surface area contributed by atoms with Gasteiger partial charge in [0.25, 0.3) is 0 Å². The summed E-state index contributed by atoms with van der Waals surface area (Å²) in [5.74, 6) is 0. The van der Waals surface area contributed by atoms with E-state index in [0.717, 1.165) is 30.5 Å². The van der Waals surface area contributed by atoms with Gasteiger partial charge in [-0.25, -0.2) is 4.79 Å². The first kappa shape index (κ1) is 16.9. The second kappa shape index (κ2) is 8.82. The van der Waals surface area contributed by atoms with Gasteiger partial charge in [0, 0.05) is 11.7 Å². The molecule has 1 aromatic rings. The Morgan fingerprint density at radius 2 is 1.91 bits per heavy atom. The Morgan fingerprint density at radius 3 is 2.55 bits per heavy atom.